The number of rotatable bonds is 1. The van der Waals surface area contributed by atoms with Crippen molar-refractivity contribution in [3.05, 3.63) is 21.5 Å². The summed E-state index contributed by atoms with van der Waals surface area (Å²) in [6.45, 7) is 6.80. The molecule has 0 saturated heterocycles. The highest BCUT2D eigenvalue weighted by molar-refractivity contribution is 7.71. The fourth-order valence-corrected chi connectivity index (χ4v) is 1.84. The van der Waals surface area contributed by atoms with Crippen molar-refractivity contribution < 1.29 is 0 Å². The zero-order valence-corrected chi connectivity index (χ0v) is 10.3. The molecule has 0 aliphatic rings. The minimum absolute atomic E-state index is 0.00647. The van der Waals surface area contributed by atoms with Crippen molar-refractivity contribution in [2.45, 2.75) is 27.3 Å². The van der Waals surface area contributed by atoms with Gasteiger partial charge in [-0.25, -0.2) is 9.78 Å². The molecule has 0 spiro atoms. The number of aromatic amines is 2. The topological polar surface area (TPSA) is 66.5 Å². The Labute approximate surface area is 97.5 Å². The van der Waals surface area contributed by atoms with Crippen LogP contribution >= 0.6 is 12.2 Å². The molecule has 0 amide bonds. The number of nitrogens with one attached hydrogen (secondary N) is 2. The molecule has 2 aromatic rings. The summed E-state index contributed by atoms with van der Waals surface area (Å²) in [5.74, 6) is 0. The molecule has 2 rings (SSSR count). The van der Waals surface area contributed by atoms with E-state index in [-0.39, 0.29) is 11.1 Å². The van der Waals surface area contributed by atoms with E-state index < -0.39 is 0 Å². The number of nitrogens with zero attached hydrogens (tertiary/aromatic N) is 2. The van der Waals surface area contributed by atoms with Crippen LogP contribution < -0.4 is 5.69 Å². The number of imidazole rings is 1. The van der Waals surface area contributed by atoms with Crippen molar-refractivity contribution in [1.82, 2.24) is 19.5 Å². The van der Waals surface area contributed by atoms with E-state index in [9.17, 15) is 4.79 Å². The van der Waals surface area contributed by atoms with Gasteiger partial charge < -0.3 is 4.98 Å². The van der Waals surface area contributed by atoms with Gasteiger partial charge in [-0.05, 0) is 5.41 Å². The molecule has 6 heteroatoms. The van der Waals surface area contributed by atoms with Gasteiger partial charge in [0.1, 0.15) is 10.2 Å². The van der Waals surface area contributed by atoms with Crippen LogP contribution in [-0.4, -0.2) is 19.5 Å². The Morgan fingerprint density at radius 3 is 2.81 bits per heavy atom. The maximum atomic E-state index is 11.8. The first-order valence-corrected chi connectivity index (χ1v) is 5.45. The van der Waals surface area contributed by atoms with Crippen LogP contribution in [0.2, 0.25) is 0 Å². The predicted molar refractivity (Wildman–Crippen MR) is 65.0 cm³/mol. The Morgan fingerprint density at radius 1 is 1.50 bits per heavy atom. The van der Waals surface area contributed by atoms with E-state index in [0.29, 0.717) is 22.3 Å². The van der Waals surface area contributed by atoms with Crippen LogP contribution in [0, 0.1) is 10.1 Å². The molecule has 0 radical (unpaired) electrons. The average Bonchev–Trinajstić information content (AvgIpc) is 2.59. The van der Waals surface area contributed by atoms with E-state index in [4.69, 9.17) is 12.2 Å². The Balaban J connectivity index is 2.74. The quantitative estimate of drug-likeness (QED) is 0.745. The van der Waals surface area contributed by atoms with E-state index in [0.717, 1.165) is 0 Å². The summed E-state index contributed by atoms with van der Waals surface area (Å²) in [6, 6.07) is 0. The second kappa shape index (κ2) is 3.55. The summed E-state index contributed by atoms with van der Waals surface area (Å²) in [5.41, 5.74) is 1.12. The summed E-state index contributed by atoms with van der Waals surface area (Å²) >= 11 is 5.06. The fourth-order valence-electron chi connectivity index (χ4n) is 1.60. The summed E-state index contributed by atoms with van der Waals surface area (Å²) in [6.07, 6.45) is 1.55. The van der Waals surface area contributed by atoms with Gasteiger partial charge >= 0.3 is 5.69 Å². The van der Waals surface area contributed by atoms with Crippen molar-refractivity contribution in [3.63, 3.8) is 0 Å². The third-order valence-electron chi connectivity index (χ3n) is 2.20. The average molecular weight is 238 g/mol. The van der Waals surface area contributed by atoms with Gasteiger partial charge in [0.15, 0.2) is 5.65 Å². The standard InChI is InChI=1S/C10H14N4OS/c1-10(2,3)4-14-7-6(11-5-12-7)8(16)13-9(14)15/h5H,4H2,1-3H3,(H,11,12)(H,13,15,16). The van der Waals surface area contributed by atoms with Crippen LogP contribution in [0.3, 0.4) is 0 Å². The number of hydrogen-bond donors (Lipinski definition) is 2. The lowest BCUT2D eigenvalue weighted by Crippen LogP contribution is -2.29. The number of hydrogen-bond acceptors (Lipinski definition) is 3. The molecule has 2 N–H and O–H groups in total. The smallest absolute Gasteiger partial charge is 0.328 e. The van der Waals surface area contributed by atoms with Gasteiger partial charge in [-0.2, -0.15) is 0 Å². The van der Waals surface area contributed by atoms with Crippen molar-refractivity contribution in [2.75, 3.05) is 0 Å². The fraction of sp³-hybridized carbons (Fsp3) is 0.500. The highest BCUT2D eigenvalue weighted by Crippen LogP contribution is 2.17. The Kier molecular flexibility index (Phi) is 2.46. The summed E-state index contributed by atoms with van der Waals surface area (Å²) in [5, 5.41) is 0. The second-order valence-electron chi connectivity index (χ2n) is 5.01. The first-order valence-electron chi connectivity index (χ1n) is 5.05. The third kappa shape index (κ3) is 1.92. The lowest BCUT2D eigenvalue weighted by molar-refractivity contribution is 0.341. The Morgan fingerprint density at radius 2 is 2.19 bits per heavy atom. The van der Waals surface area contributed by atoms with Gasteiger partial charge in [0.2, 0.25) is 0 Å². The third-order valence-corrected chi connectivity index (χ3v) is 2.51. The molecule has 5 nitrogen and oxygen atoms in total. The zero-order valence-electron chi connectivity index (χ0n) is 9.50. The molecule has 16 heavy (non-hydrogen) atoms. The number of aromatic nitrogens is 4. The summed E-state index contributed by atoms with van der Waals surface area (Å²) in [4.78, 5) is 21.5. The lowest BCUT2D eigenvalue weighted by Gasteiger charge is -2.19. The molecule has 0 aliphatic heterocycles. The predicted octanol–water partition coefficient (Wildman–Crippen LogP) is 1.83. The molecule has 2 aromatic heterocycles. The molecule has 0 aromatic carbocycles. The van der Waals surface area contributed by atoms with E-state index in [1.807, 2.05) is 0 Å². The van der Waals surface area contributed by atoms with Crippen LogP contribution in [0.1, 0.15) is 20.8 Å². The van der Waals surface area contributed by atoms with Crippen molar-refractivity contribution in [1.29, 1.82) is 0 Å². The first-order chi connectivity index (χ1) is 7.38. The molecule has 86 valence electrons. The molecule has 0 unspecified atom stereocenters. The second-order valence-corrected chi connectivity index (χ2v) is 5.42. The van der Waals surface area contributed by atoms with Crippen molar-refractivity contribution in [2.24, 2.45) is 5.41 Å². The van der Waals surface area contributed by atoms with E-state index in [1.165, 1.54) is 0 Å². The van der Waals surface area contributed by atoms with Crippen LogP contribution in [0.25, 0.3) is 11.2 Å². The SMILES string of the molecule is CC(C)(C)Cn1c(=O)[nH]c(=S)c2[nH]cnc21. The van der Waals surface area contributed by atoms with E-state index >= 15 is 0 Å². The summed E-state index contributed by atoms with van der Waals surface area (Å²) < 4.78 is 2.02. The van der Waals surface area contributed by atoms with Crippen LogP contribution in [0.4, 0.5) is 0 Å². The largest absolute Gasteiger partial charge is 0.341 e. The molecular formula is C10H14N4OS. The normalized spacial score (nSPS) is 12.2. The minimum Gasteiger partial charge on any atom is -0.341 e. The number of H-pyrrole nitrogens is 2. The molecule has 0 bridgehead atoms. The number of fused-ring (bicyclic) bond motifs is 1. The van der Waals surface area contributed by atoms with Crippen molar-refractivity contribution >= 4 is 23.4 Å². The highest BCUT2D eigenvalue weighted by Gasteiger charge is 2.15. The van der Waals surface area contributed by atoms with Crippen LogP contribution in [-0.2, 0) is 6.54 Å². The molecule has 0 aliphatic carbocycles. The Bertz CT molecular complexity index is 629. The minimum atomic E-state index is -0.209. The van der Waals surface area contributed by atoms with Gasteiger partial charge in [-0.3, -0.25) is 9.55 Å². The van der Waals surface area contributed by atoms with Gasteiger partial charge in [0, 0.05) is 6.54 Å². The van der Waals surface area contributed by atoms with Gasteiger partial charge in [-0.15, -0.1) is 0 Å². The van der Waals surface area contributed by atoms with Crippen LogP contribution in [0.5, 0.6) is 0 Å². The van der Waals surface area contributed by atoms with E-state index in [2.05, 4.69) is 35.7 Å². The lowest BCUT2D eigenvalue weighted by atomic mass is 9.97. The van der Waals surface area contributed by atoms with Gasteiger partial charge in [0.25, 0.3) is 0 Å². The monoisotopic (exact) mass is 238 g/mol. The maximum absolute atomic E-state index is 11.8. The summed E-state index contributed by atoms with van der Waals surface area (Å²) in [7, 11) is 0. The molecule has 0 atom stereocenters. The van der Waals surface area contributed by atoms with Gasteiger partial charge in [-0.1, -0.05) is 33.0 Å². The van der Waals surface area contributed by atoms with E-state index in [1.54, 1.807) is 10.9 Å². The Hall–Kier alpha value is -1.43. The highest BCUT2D eigenvalue weighted by atomic mass is 32.1. The maximum Gasteiger partial charge on any atom is 0.328 e. The molecule has 0 fully saturated rings. The molecule has 0 saturated carbocycles. The molecular weight excluding hydrogens is 224 g/mol. The molecule has 2 heterocycles. The van der Waals surface area contributed by atoms with Crippen LogP contribution in [0.15, 0.2) is 11.1 Å². The first kappa shape index (κ1) is 11.1. The van der Waals surface area contributed by atoms with Crippen molar-refractivity contribution in [3.8, 4) is 0 Å². The zero-order chi connectivity index (χ0) is 11.9. The van der Waals surface area contributed by atoms with Gasteiger partial charge in [0.05, 0.1) is 6.33 Å².